The SMILES string of the molecule is O=C(CN1CCC(CCN2CCN(C3=CC(C(F)(F)F)=CCC3)CC2)CC1)c1ccc(F)c(F)c1. The third-order valence-corrected chi connectivity index (χ3v) is 7.36. The van der Waals surface area contributed by atoms with Gasteiger partial charge in [-0.1, -0.05) is 6.08 Å². The van der Waals surface area contributed by atoms with Gasteiger partial charge in [0, 0.05) is 37.4 Å². The fraction of sp³-hybridized carbons (Fsp3) is 0.577. The molecule has 0 amide bonds. The molecule has 2 aliphatic heterocycles. The van der Waals surface area contributed by atoms with Gasteiger partial charge in [-0.25, -0.2) is 8.78 Å². The van der Waals surface area contributed by atoms with Gasteiger partial charge in [0.2, 0.25) is 0 Å². The number of alkyl halides is 3. The van der Waals surface area contributed by atoms with E-state index < -0.39 is 23.4 Å². The van der Waals surface area contributed by atoms with E-state index >= 15 is 0 Å². The Balaban J connectivity index is 1.15. The summed E-state index contributed by atoms with van der Waals surface area (Å²) in [6.07, 6.45) is 2.45. The summed E-state index contributed by atoms with van der Waals surface area (Å²) in [7, 11) is 0. The number of carbonyl (C=O) groups is 1. The number of Topliss-reactive ketones (excluding diaryl/α,β-unsaturated/α-hetero) is 1. The zero-order valence-electron chi connectivity index (χ0n) is 19.8. The highest BCUT2D eigenvalue weighted by Gasteiger charge is 2.34. The number of rotatable bonds is 7. The molecule has 0 radical (unpaired) electrons. The summed E-state index contributed by atoms with van der Waals surface area (Å²) in [5.41, 5.74) is 0.462. The van der Waals surface area contributed by atoms with Gasteiger partial charge in [0.25, 0.3) is 0 Å². The largest absolute Gasteiger partial charge is 0.416 e. The third-order valence-electron chi connectivity index (χ3n) is 7.36. The second kappa shape index (κ2) is 11.2. The van der Waals surface area contributed by atoms with Gasteiger partial charge in [-0.15, -0.1) is 0 Å². The van der Waals surface area contributed by atoms with Crippen LogP contribution in [0.5, 0.6) is 0 Å². The van der Waals surface area contributed by atoms with Crippen LogP contribution in [0.15, 0.2) is 41.6 Å². The van der Waals surface area contributed by atoms with Crippen molar-refractivity contribution in [3.63, 3.8) is 0 Å². The fourth-order valence-corrected chi connectivity index (χ4v) is 5.15. The van der Waals surface area contributed by atoms with E-state index in [0.29, 0.717) is 18.8 Å². The van der Waals surface area contributed by atoms with Crippen molar-refractivity contribution in [1.82, 2.24) is 14.7 Å². The maximum absolute atomic E-state index is 13.4. The molecule has 0 bridgehead atoms. The summed E-state index contributed by atoms with van der Waals surface area (Å²) < 4.78 is 65.6. The van der Waals surface area contributed by atoms with Gasteiger partial charge in [0.05, 0.1) is 12.1 Å². The molecule has 0 N–H and O–H groups in total. The molecule has 1 aromatic carbocycles. The molecule has 0 aromatic heterocycles. The smallest absolute Gasteiger partial charge is 0.372 e. The molecule has 1 aromatic rings. The first kappa shape index (κ1) is 25.8. The summed E-state index contributed by atoms with van der Waals surface area (Å²) in [6.45, 7) is 5.99. The Bertz CT molecular complexity index is 958. The van der Waals surface area contributed by atoms with Gasteiger partial charge in [-0.05, 0) is 81.9 Å². The number of halogens is 5. The normalized spacial score (nSPS) is 21.1. The number of hydrogen-bond acceptors (Lipinski definition) is 4. The molecule has 0 unspecified atom stereocenters. The Hall–Kier alpha value is -2.26. The third kappa shape index (κ3) is 6.91. The Labute approximate surface area is 203 Å². The van der Waals surface area contributed by atoms with Crippen molar-refractivity contribution in [3.8, 4) is 0 Å². The van der Waals surface area contributed by atoms with Crippen LogP contribution < -0.4 is 0 Å². The lowest BCUT2D eigenvalue weighted by Gasteiger charge is -2.39. The predicted octanol–water partition coefficient (Wildman–Crippen LogP) is 5.03. The van der Waals surface area contributed by atoms with E-state index in [1.54, 1.807) is 0 Å². The highest BCUT2D eigenvalue weighted by Crippen LogP contribution is 2.33. The van der Waals surface area contributed by atoms with Crippen LogP contribution in [-0.2, 0) is 0 Å². The maximum atomic E-state index is 13.4. The second-order valence-corrected chi connectivity index (χ2v) is 9.72. The molecule has 192 valence electrons. The fourth-order valence-electron chi connectivity index (χ4n) is 5.15. The molecule has 4 rings (SSSR count). The van der Waals surface area contributed by atoms with Crippen molar-refractivity contribution in [2.45, 2.75) is 38.3 Å². The number of allylic oxidation sites excluding steroid dienone is 4. The second-order valence-electron chi connectivity index (χ2n) is 9.72. The monoisotopic (exact) mass is 497 g/mol. The number of ketones is 1. The van der Waals surface area contributed by atoms with Gasteiger partial charge in [-0.2, -0.15) is 13.2 Å². The van der Waals surface area contributed by atoms with Crippen LogP contribution in [0.2, 0.25) is 0 Å². The first-order chi connectivity index (χ1) is 16.7. The molecule has 0 saturated carbocycles. The summed E-state index contributed by atoms with van der Waals surface area (Å²) in [4.78, 5) is 18.9. The quantitative estimate of drug-likeness (QED) is 0.390. The van der Waals surface area contributed by atoms with Crippen LogP contribution in [0.25, 0.3) is 0 Å². The van der Waals surface area contributed by atoms with Crippen molar-refractivity contribution in [2.75, 3.05) is 52.4 Å². The molecular weight excluding hydrogens is 465 g/mol. The number of piperazine rings is 1. The van der Waals surface area contributed by atoms with Crippen LogP contribution in [-0.4, -0.2) is 79.0 Å². The van der Waals surface area contributed by atoms with E-state index in [-0.39, 0.29) is 17.9 Å². The van der Waals surface area contributed by atoms with E-state index in [0.717, 1.165) is 82.9 Å². The summed E-state index contributed by atoms with van der Waals surface area (Å²) in [5.74, 6) is -1.59. The molecule has 35 heavy (non-hydrogen) atoms. The number of nitrogens with zero attached hydrogens (tertiary/aromatic N) is 3. The molecule has 0 spiro atoms. The Morgan fingerprint density at radius 1 is 0.943 bits per heavy atom. The van der Waals surface area contributed by atoms with Crippen LogP contribution in [0, 0.1) is 17.6 Å². The highest BCUT2D eigenvalue weighted by atomic mass is 19.4. The minimum atomic E-state index is -4.28. The average molecular weight is 498 g/mol. The molecule has 3 aliphatic rings. The lowest BCUT2D eigenvalue weighted by molar-refractivity contribution is -0.0889. The van der Waals surface area contributed by atoms with Crippen molar-refractivity contribution < 1.29 is 26.7 Å². The Morgan fingerprint density at radius 3 is 2.31 bits per heavy atom. The number of piperidine rings is 1. The van der Waals surface area contributed by atoms with E-state index in [2.05, 4.69) is 14.7 Å². The Morgan fingerprint density at radius 2 is 1.66 bits per heavy atom. The van der Waals surface area contributed by atoms with Crippen LogP contribution in [0.3, 0.4) is 0 Å². The van der Waals surface area contributed by atoms with E-state index in [4.69, 9.17) is 0 Å². The van der Waals surface area contributed by atoms with Crippen LogP contribution in [0.4, 0.5) is 22.0 Å². The molecule has 1 aliphatic carbocycles. The summed E-state index contributed by atoms with van der Waals surface area (Å²) >= 11 is 0. The molecule has 2 saturated heterocycles. The van der Waals surface area contributed by atoms with Gasteiger partial charge in [0.1, 0.15) is 0 Å². The van der Waals surface area contributed by atoms with Crippen molar-refractivity contribution in [1.29, 1.82) is 0 Å². The highest BCUT2D eigenvalue weighted by molar-refractivity contribution is 5.97. The lowest BCUT2D eigenvalue weighted by Crippen LogP contribution is -2.46. The van der Waals surface area contributed by atoms with Gasteiger partial charge in [0.15, 0.2) is 17.4 Å². The molecule has 4 nitrogen and oxygen atoms in total. The molecule has 9 heteroatoms. The minimum Gasteiger partial charge on any atom is -0.372 e. The molecular formula is C26H32F5N3O. The van der Waals surface area contributed by atoms with Crippen LogP contribution >= 0.6 is 0 Å². The van der Waals surface area contributed by atoms with Crippen molar-refractivity contribution in [3.05, 3.63) is 58.8 Å². The predicted molar refractivity (Wildman–Crippen MR) is 124 cm³/mol. The molecule has 2 fully saturated rings. The first-order valence-electron chi connectivity index (χ1n) is 12.3. The number of likely N-dealkylation sites (tertiary alicyclic amines) is 1. The van der Waals surface area contributed by atoms with Crippen molar-refractivity contribution >= 4 is 5.78 Å². The van der Waals surface area contributed by atoms with Gasteiger partial charge < -0.3 is 4.90 Å². The maximum Gasteiger partial charge on any atom is 0.416 e. The Kier molecular flexibility index (Phi) is 8.27. The number of hydrogen-bond donors (Lipinski definition) is 0. The lowest BCUT2D eigenvalue weighted by atomic mass is 9.93. The molecule has 2 heterocycles. The van der Waals surface area contributed by atoms with E-state index in [1.165, 1.54) is 18.2 Å². The zero-order chi connectivity index (χ0) is 25.0. The van der Waals surface area contributed by atoms with Crippen molar-refractivity contribution in [2.24, 2.45) is 5.92 Å². The summed E-state index contributed by atoms with van der Waals surface area (Å²) in [5, 5.41) is 0. The number of carbonyl (C=O) groups excluding carboxylic acids is 1. The standard InChI is InChI=1S/C26H32F5N3O/c27-23-5-4-20(16-24(23)28)25(35)18-33-10-7-19(8-11-33)6-9-32-12-14-34(15-13-32)22-3-1-2-21(17-22)26(29,30)31/h2,4-5,16-17,19H,1,3,6-15,18H2. The number of benzene rings is 1. The summed E-state index contributed by atoms with van der Waals surface area (Å²) in [6, 6.07) is 3.27. The zero-order valence-corrected chi connectivity index (χ0v) is 19.8. The van der Waals surface area contributed by atoms with E-state index in [1.807, 2.05) is 0 Å². The first-order valence-corrected chi connectivity index (χ1v) is 12.3. The minimum absolute atomic E-state index is 0.194. The average Bonchev–Trinajstić information content (AvgIpc) is 2.85. The topological polar surface area (TPSA) is 26.8 Å². The van der Waals surface area contributed by atoms with Crippen LogP contribution in [0.1, 0.15) is 42.5 Å². The molecule has 0 atom stereocenters. The van der Waals surface area contributed by atoms with Gasteiger partial charge in [-0.3, -0.25) is 14.6 Å². The van der Waals surface area contributed by atoms with Gasteiger partial charge >= 0.3 is 6.18 Å². The van der Waals surface area contributed by atoms with E-state index in [9.17, 15) is 26.7 Å².